The smallest absolute Gasteiger partial charge is 0.253 e. The van der Waals surface area contributed by atoms with Crippen LogP contribution in [0.5, 0.6) is 11.5 Å². The lowest BCUT2D eigenvalue weighted by Crippen LogP contribution is -2.49. The van der Waals surface area contributed by atoms with Crippen LogP contribution in [-0.2, 0) is 0 Å². The minimum atomic E-state index is 0.0381. The molecule has 1 aliphatic heterocycles. The highest BCUT2D eigenvalue weighted by atomic mass is 16.5. The maximum absolute atomic E-state index is 13.1. The Morgan fingerprint density at radius 3 is 2.30 bits per heavy atom. The van der Waals surface area contributed by atoms with Crippen molar-refractivity contribution in [2.45, 2.75) is 0 Å². The van der Waals surface area contributed by atoms with Gasteiger partial charge < -0.3 is 25.0 Å². The van der Waals surface area contributed by atoms with Crippen LogP contribution in [0.15, 0.2) is 54.6 Å². The maximum atomic E-state index is 13.1. The van der Waals surface area contributed by atoms with E-state index in [2.05, 4.69) is 9.88 Å². The lowest BCUT2D eigenvalue weighted by Gasteiger charge is -2.35. The molecule has 0 spiro atoms. The third kappa shape index (κ3) is 3.84. The SMILES string of the molecule is COc1cc2nc(N3CCN(C(=O)c4ccc5ccccc5c4)CC3)nc(N)c2cc1OC. The molecular weight excluding hydrogens is 418 g/mol. The number of piperazine rings is 1. The predicted molar refractivity (Wildman–Crippen MR) is 129 cm³/mol. The Kier molecular flexibility index (Phi) is 5.34. The number of anilines is 2. The Morgan fingerprint density at radius 2 is 1.58 bits per heavy atom. The number of amides is 1. The molecule has 5 rings (SSSR count). The molecule has 0 aliphatic carbocycles. The maximum Gasteiger partial charge on any atom is 0.253 e. The Hall–Kier alpha value is -4.07. The van der Waals surface area contributed by atoms with E-state index in [4.69, 9.17) is 20.2 Å². The minimum Gasteiger partial charge on any atom is -0.493 e. The van der Waals surface area contributed by atoms with E-state index >= 15 is 0 Å². The number of fused-ring (bicyclic) bond motifs is 2. The van der Waals surface area contributed by atoms with Crippen LogP contribution < -0.4 is 20.1 Å². The van der Waals surface area contributed by atoms with Crippen LogP contribution in [0.2, 0.25) is 0 Å². The van der Waals surface area contributed by atoms with Gasteiger partial charge in [-0.25, -0.2) is 4.98 Å². The van der Waals surface area contributed by atoms with Crippen molar-refractivity contribution in [1.82, 2.24) is 14.9 Å². The van der Waals surface area contributed by atoms with Crippen LogP contribution in [0.4, 0.5) is 11.8 Å². The molecule has 33 heavy (non-hydrogen) atoms. The normalized spacial score (nSPS) is 14.0. The lowest BCUT2D eigenvalue weighted by molar-refractivity contribution is 0.0746. The fraction of sp³-hybridized carbons (Fsp3) is 0.240. The fourth-order valence-electron chi connectivity index (χ4n) is 4.22. The third-order valence-corrected chi connectivity index (χ3v) is 6.06. The Bertz CT molecular complexity index is 1350. The van der Waals surface area contributed by atoms with E-state index in [0.717, 1.165) is 10.8 Å². The zero-order valence-electron chi connectivity index (χ0n) is 18.6. The molecule has 1 aromatic heterocycles. The molecule has 1 fully saturated rings. The second kappa shape index (κ2) is 8.46. The van der Waals surface area contributed by atoms with Crippen LogP contribution in [0.3, 0.4) is 0 Å². The molecule has 0 bridgehead atoms. The van der Waals surface area contributed by atoms with Crippen molar-refractivity contribution in [3.05, 3.63) is 60.2 Å². The minimum absolute atomic E-state index is 0.0381. The molecule has 1 amide bonds. The van der Waals surface area contributed by atoms with Gasteiger partial charge in [0.2, 0.25) is 5.95 Å². The molecule has 4 aromatic rings. The van der Waals surface area contributed by atoms with Gasteiger partial charge in [-0.15, -0.1) is 0 Å². The standard InChI is InChI=1S/C25H25N5O3/c1-32-21-14-19-20(15-22(21)33-2)27-25(28-23(19)26)30-11-9-29(10-12-30)24(31)18-8-7-16-5-3-4-6-17(16)13-18/h3-8,13-15H,9-12H2,1-2H3,(H2,26,27,28). The first kappa shape index (κ1) is 20.8. The number of aromatic nitrogens is 2. The number of nitrogen functional groups attached to an aromatic ring is 1. The highest BCUT2D eigenvalue weighted by Gasteiger charge is 2.24. The summed E-state index contributed by atoms with van der Waals surface area (Å²) in [4.78, 5) is 26.2. The number of hydrogen-bond acceptors (Lipinski definition) is 7. The second-order valence-electron chi connectivity index (χ2n) is 7.97. The first-order valence-corrected chi connectivity index (χ1v) is 10.8. The van der Waals surface area contributed by atoms with E-state index in [1.807, 2.05) is 47.4 Å². The summed E-state index contributed by atoms with van der Waals surface area (Å²) in [6, 6.07) is 17.5. The van der Waals surface area contributed by atoms with Gasteiger partial charge >= 0.3 is 0 Å². The number of ether oxygens (including phenoxy) is 2. The summed E-state index contributed by atoms with van der Waals surface area (Å²) >= 11 is 0. The van der Waals surface area contributed by atoms with Crippen molar-refractivity contribution < 1.29 is 14.3 Å². The number of benzene rings is 3. The highest BCUT2D eigenvalue weighted by Crippen LogP contribution is 2.34. The molecule has 8 heteroatoms. The Morgan fingerprint density at radius 1 is 0.879 bits per heavy atom. The van der Waals surface area contributed by atoms with Crippen molar-refractivity contribution in [2.75, 3.05) is 51.0 Å². The van der Waals surface area contributed by atoms with Crippen molar-refractivity contribution in [1.29, 1.82) is 0 Å². The van der Waals surface area contributed by atoms with Gasteiger partial charge in [-0.1, -0.05) is 30.3 Å². The van der Waals surface area contributed by atoms with Crippen molar-refractivity contribution in [3.8, 4) is 11.5 Å². The van der Waals surface area contributed by atoms with E-state index < -0.39 is 0 Å². The van der Waals surface area contributed by atoms with Crippen molar-refractivity contribution in [2.24, 2.45) is 0 Å². The van der Waals surface area contributed by atoms with Crippen LogP contribution in [-0.4, -0.2) is 61.2 Å². The van der Waals surface area contributed by atoms with Crippen LogP contribution in [0.25, 0.3) is 21.7 Å². The van der Waals surface area contributed by atoms with Crippen LogP contribution in [0.1, 0.15) is 10.4 Å². The third-order valence-electron chi connectivity index (χ3n) is 6.06. The average Bonchev–Trinajstić information content (AvgIpc) is 2.87. The number of carbonyl (C=O) groups is 1. The molecule has 2 N–H and O–H groups in total. The molecule has 1 saturated heterocycles. The summed E-state index contributed by atoms with van der Waals surface area (Å²) in [5.74, 6) is 2.13. The van der Waals surface area contributed by atoms with Gasteiger partial charge in [0, 0.05) is 43.2 Å². The number of methoxy groups -OCH3 is 2. The van der Waals surface area contributed by atoms with Crippen molar-refractivity contribution in [3.63, 3.8) is 0 Å². The summed E-state index contributed by atoms with van der Waals surface area (Å²) in [6.07, 6.45) is 0. The highest BCUT2D eigenvalue weighted by molar-refractivity contribution is 5.98. The molecule has 168 valence electrons. The predicted octanol–water partition coefficient (Wildman–Crippen LogP) is 3.34. The van der Waals surface area contributed by atoms with Gasteiger partial charge in [0.05, 0.1) is 19.7 Å². The molecule has 8 nitrogen and oxygen atoms in total. The summed E-state index contributed by atoms with van der Waals surface area (Å²) in [6.45, 7) is 2.41. The van der Waals surface area contributed by atoms with E-state index in [0.29, 0.717) is 65.9 Å². The summed E-state index contributed by atoms with van der Waals surface area (Å²) in [7, 11) is 3.16. The monoisotopic (exact) mass is 443 g/mol. The number of hydrogen-bond donors (Lipinski definition) is 1. The molecule has 0 atom stereocenters. The number of nitrogens with two attached hydrogens (primary N) is 1. The van der Waals surface area contributed by atoms with Gasteiger partial charge in [0.15, 0.2) is 11.5 Å². The fourth-order valence-corrected chi connectivity index (χ4v) is 4.22. The number of carbonyl (C=O) groups excluding carboxylic acids is 1. The number of rotatable bonds is 4. The quantitative estimate of drug-likeness (QED) is 0.517. The van der Waals surface area contributed by atoms with Gasteiger partial charge in [0.1, 0.15) is 5.82 Å². The summed E-state index contributed by atoms with van der Waals surface area (Å²) < 4.78 is 10.8. The van der Waals surface area contributed by atoms with Crippen LogP contribution in [0, 0.1) is 0 Å². The van der Waals surface area contributed by atoms with Gasteiger partial charge in [-0.2, -0.15) is 4.98 Å². The molecule has 0 saturated carbocycles. The largest absolute Gasteiger partial charge is 0.493 e. The lowest BCUT2D eigenvalue weighted by atomic mass is 10.1. The van der Waals surface area contributed by atoms with Crippen LogP contribution >= 0.6 is 0 Å². The average molecular weight is 444 g/mol. The van der Waals surface area contributed by atoms with Gasteiger partial charge in [-0.3, -0.25) is 4.79 Å². The van der Waals surface area contributed by atoms with E-state index in [9.17, 15) is 4.79 Å². The Balaban J connectivity index is 1.34. The van der Waals surface area contributed by atoms with Crippen molar-refractivity contribution >= 4 is 39.3 Å². The van der Waals surface area contributed by atoms with E-state index in [-0.39, 0.29) is 5.91 Å². The first-order chi connectivity index (χ1) is 16.1. The topological polar surface area (TPSA) is 93.8 Å². The zero-order chi connectivity index (χ0) is 22.9. The number of nitrogens with zero attached hydrogens (tertiary/aromatic N) is 4. The van der Waals surface area contributed by atoms with Gasteiger partial charge in [-0.05, 0) is 29.0 Å². The molecule has 0 radical (unpaired) electrons. The summed E-state index contributed by atoms with van der Waals surface area (Å²) in [5.41, 5.74) is 7.63. The Labute approximate surface area is 191 Å². The first-order valence-electron chi connectivity index (χ1n) is 10.8. The van der Waals surface area contributed by atoms with E-state index in [1.165, 1.54) is 0 Å². The molecule has 3 aromatic carbocycles. The van der Waals surface area contributed by atoms with E-state index in [1.54, 1.807) is 26.4 Å². The van der Waals surface area contributed by atoms with Gasteiger partial charge in [0.25, 0.3) is 5.91 Å². The second-order valence-corrected chi connectivity index (χ2v) is 7.97. The molecule has 1 aliphatic rings. The zero-order valence-corrected chi connectivity index (χ0v) is 18.6. The molecule has 2 heterocycles. The molecule has 0 unspecified atom stereocenters. The molecular formula is C25H25N5O3. The summed E-state index contributed by atoms with van der Waals surface area (Å²) in [5, 5.41) is 2.90.